The summed E-state index contributed by atoms with van der Waals surface area (Å²) in [5, 5.41) is 7.42. The van der Waals surface area contributed by atoms with Crippen molar-refractivity contribution >= 4 is 6.03 Å². The number of likely N-dealkylation sites (tertiary alicyclic amines) is 1. The molecule has 0 radical (unpaired) electrons. The average molecular weight is 398 g/mol. The van der Waals surface area contributed by atoms with Crippen molar-refractivity contribution in [1.82, 2.24) is 34.8 Å². The molecule has 0 saturated carbocycles. The van der Waals surface area contributed by atoms with Gasteiger partial charge in [-0.3, -0.25) is 14.5 Å². The molecule has 0 unspecified atom stereocenters. The highest BCUT2D eigenvalue weighted by molar-refractivity contribution is 5.74. The van der Waals surface area contributed by atoms with Crippen LogP contribution in [0, 0.1) is 0 Å². The van der Waals surface area contributed by atoms with Gasteiger partial charge in [0.1, 0.15) is 12.7 Å². The number of rotatable bonds is 6. The second-order valence-corrected chi connectivity index (χ2v) is 8.00. The lowest BCUT2D eigenvalue weighted by molar-refractivity contribution is 0.126. The molecule has 2 aromatic rings. The Bertz CT molecular complexity index is 744. The van der Waals surface area contributed by atoms with Gasteiger partial charge >= 0.3 is 6.03 Å². The zero-order valence-corrected chi connectivity index (χ0v) is 17.0. The van der Waals surface area contributed by atoms with Crippen LogP contribution < -0.4 is 5.32 Å². The smallest absolute Gasteiger partial charge is 0.317 e. The molecule has 8 nitrogen and oxygen atoms in total. The molecule has 3 heterocycles. The second-order valence-electron chi connectivity index (χ2n) is 8.00. The number of piperazine rings is 1. The Hall–Kier alpha value is -2.45. The first-order chi connectivity index (χ1) is 14.3. The van der Waals surface area contributed by atoms with Crippen molar-refractivity contribution in [2.75, 3.05) is 45.8 Å². The molecule has 0 aliphatic carbocycles. The normalized spacial score (nSPS) is 21.2. The number of carbonyl (C=O) groups is 1. The highest BCUT2D eigenvalue weighted by Crippen LogP contribution is 2.14. The minimum absolute atomic E-state index is 0.0903. The molecule has 1 N–H and O–H groups in total. The molecule has 2 aliphatic rings. The van der Waals surface area contributed by atoms with Crippen LogP contribution in [0.3, 0.4) is 0 Å². The Morgan fingerprint density at radius 2 is 1.86 bits per heavy atom. The van der Waals surface area contributed by atoms with E-state index in [2.05, 4.69) is 55.5 Å². The van der Waals surface area contributed by atoms with Crippen molar-refractivity contribution in [3.05, 3.63) is 48.5 Å². The van der Waals surface area contributed by atoms with Crippen LogP contribution in [0.4, 0.5) is 4.79 Å². The molecule has 8 heteroatoms. The van der Waals surface area contributed by atoms with Crippen molar-refractivity contribution < 1.29 is 4.79 Å². The maximum Gasteiger partial charge on any atom is 0.317 e. The van der Waals surface area contributed by atoms with Crippen LogP contribution in [0.2, 0.25) is 0 Å². The Balaban J connectivity index is 1.18. The fourth-order valence-corrected chi connectivity index (χ4v) is 4.19. The topological polar surface area (TPSA) is 69.5 Å². The van der Waals surface area contributed by atoms with Crippen molar-refractivity contribution in [1.29, 1.82) is 0 Å². The van der Waals surface area contributed by atoms with E-state index < -0.39 is 0 Å². The first kappa shape index (κ1) is 19.8. The molecule has 0 bridgehead atoms. The highest BCUT2D eigenvalue weighted by atomic mass is 16.2. The van der Waals surface area contributed by atoms with Gasteiger partial charge in [0, 0.05) is 51.9 Å². The largest absolute Gasteiger partial charge is 0.334 e. The van der Waals surface area contributed by atoms with Gasteiger partial charge in [-0.2, -0.15) is 5.10 Å². The zero-order valence-electron chi connectivity index (χ0n) is 17.0. The molecule has 156 valence electrons. The third kappa shape index (κ3) is 5.77. The summed E-state index contributed by atoms with van der Waals surface area (Å²) in [6, 6.07) is 10.9. The summed E-state index contributed by atoms with van der Waals surface area (Å²) < 4.78 is 1.85. The van der Waals surface area contributed by atoms with Crippen molar-refractivity contribution in [2.45, 2.75) is 32.0 Å². The summed E-state index contributed by atoms with van der Waals surface area (Å²) >= 11 is 0. The molecular weight excluding hydrogens is 366 g/mol. The van der Waals surface area contributed by atoms with Crippen LogP contribution in [0.15, 0.2) is 43.0 Å². The van der Waals surface area contributed by atoms with E-state index in [4.69, 9.17) is 0 Å². The van der Waals surface area contributed by atoms with Crippen molar-refractivity contribution in [2.24, 2.45) is 0 Å². The number of amides is 2. The maximum atomic E-state index is 12.7. The predicted molar refractivity (Wildman–Crippen MR) is 111 cm³/mol. The van der Waals surface area contributed by atoms with E-state index in [0.29, 0.717) is 0 Å². The van der Waals surface area contributed by atoms with Gasteiger partial charge in [0.05, 0.1) is 6.54 Å². The Labute approximate surface area is 172 Å². The van der Waals surface area contributed by atoms with Crippen LogP contribution in [0.1, 0.15) is 18.4 Å². The number of hydrogen-bond acceptors (Lipinski definition) is 5. The summed E-state index contributed by atoms with van der Waals surface area (Å²) in [5.41, 5.74) is 1.33. The number of nitrogens with zero attached hydrogens (tertiary/aromatic N) is 6. The number of urea groups is 1. The predicted octanol–water partition coefficient (Wildman–Crippen LogP) is 1.27. The lowest BCUT2D eigenvalue weighted by Crippen LogP contribution is -2.56. The van der Waals surface area contributed by atoms with Crippen LogP contribution >= 0.6 is 0 Å². The number of nitrogens with one attached hydrogen (secondary N) is 1. The van der Waals surface area contributed by atoms with Gasteiger partial charge in [-0.25, -0.2) is 9.78 Å². The first-order valence-corrected chi connectivity index (χ1v) is 10.6. The van der Waals surface area contributed by atoms with Gasteiger partial charge in [0.25, 0.3) is 0 Å². The molecule has 1 aromatic carbocycles. The molecule has 4 rings (SSSR count). The molecular formula is C21H31N7O. The molecule has 2 saturated heterocycles. The van der Waals surface area contributed by atoms with Crippen LogP contribution in [0.25, 0.3) is 0 Å². The lowest BCUT2D eigenvalue weighted by atomic mass is 10.0. The quantitative estimate of drug-likeness (QED) is 0.795. The molecule has 0 spiro atoms. The number of aromatic nitrogens is 3. The number of benzene rings is 1. The number of carbonyl (C=O) groups excluding carboxylic acids is 1. The minimum atomic E-state index is 0.0903. The van der Waals surface area contributed by atoms with Gasteiger partial charge in [0.2, 0.25) is 0 Å². The number of piperidine rings is 1. The minimum Gasteiger partial charge on any atom is -0.334 e. The molecule has 1 aromatic heterocycles. The van der Waals surface area contributed by atoms with E-state index in [9.17, 15) is 4.79 Å². The van der Waals surface area contributed by atoms with Gasteiger partial charge in [-0.1, -0.05) is 30.3 Å². The van der Waals surface area contributed by atoms with Crippen LogP contribution in [0.5, 0.6) is 0 Å². The van der Waals surface area contributed by atoms with E-state index >= 15 is 0 Å². The highest BCUT2D eigenvalue weighted by Gasteiger charge is 2.25. The fourth-order valence-electron chi connectivity index (χ4n) is 4.19. The van der Waals surface area contributed by atoms with E-state index in [1.807, 2.05) is 9.58 Å². The van der Waals surface area contributed by atoms with Crippen molar-refractivity contribution in [3.8, 4) is 0 Å². The molecule has 29 heavy (non-hydrogen) atoms. The van der Waals surface area contributed by atoms with E-state index in [0.717, 1.165) is 71.7 Å². The van der Waals surface area contributed by atoms with Gasteiger partial charge in [0.15, 0.2) is 0 Å². The third-order valence-electron chi connectivity index (χ3n) is 5.85. The van der Waals surface area contributed by atoms with Crippen LogP contribution in [-0.2, 0) is 13.1 Å². The van der Waals surface area contributed by atoms with Gasteiger partial charge in [-0.15, -0.1) is 0 Å². The Morgan fingerprint density at radius 3 is 2.62 bits per heavy atom. The average Bonchev–Trinajstić information content (AvgIpc) is 3.27. The summed E-state index contributed by atoms with van der Waals surface area (Å²) in [5.74, 6) is 0. The molecule has 1 atom stereocenters. The SMILES string of the molecule is O=C(N[C@@H]1CCCN(Cc2ccccc2)C1)N1CCN(CCn2cncn2)CC1. The fraction of sp³-hybridized carbons (Fsp3) is 0.571. The summed E-state index contributed by atoms with van der Waals surface area (Å²) in [4.78, 5) is 23.5. The standard InChI is InChI=1S/C21H31N7O/c29-21(27-12-9-25(10-13-27)11-14-28-18-22-17-23-28)24-20-7-4-8-26(16-20)15-19-5-2-1-3-6-19/h1-3,5-6,17-18,20H,4,7-16H2,(H,24,29)/t20-/m1/s1. The number of hydrogen-bond donors (Lipinski definition) is 1. The summed E-state index contributed by atoms with van der Waals surface area (Å²) in [6.45, 7) is 8.15. The van der Waals surface area contributed by atoms with Crippen LogP contribution in [-0.4, -0.2) is 87.4 Å². The third-order valence-corrected chi connectivity index (χ3v) is 5.85. The first-order valence-electron chi connectivity index (χ1n) is 10.6. The zero-order chi connectivity index (χ0) is 19.9. The lowest BCUT2D eigenvalue weighted by Gasteiger charge is -2.37. The molecule has 2 aliphatic heterocycles. The maximum absolute atomic E-state index is 12.7. The van der Waals surface area contributed by atoms with E-state index in [1.54, 1.807) is 12.7 Å². The summed E-state index contributed by atoms with van der Waals surface area (Å²) in [7, 11) is 0. The second kappa shape index (κ2) is 9.84. The van der Waals surface area contributed by atoms with Gasteiger partial charge in [-0.05, 0) is 24.9 Å². The summed E-state index contributed by atoms with van der Waals surface area (Å²) in [6.07, 6.45) is 5.51. The Kier molecular flexibility index (Phi) is 6.74. The van der Waals surface area contributed by atoms with Crippen molar-refractivity contribution in [3.63, 3.8) is 0 Å². The Morgan fingerprint density at radius 1 is 1.03 bits per heavy atom. The van der Waals surface area contributed by atoms with E-state index in [1.165, 1.54) is 5.56 Å². The van der Waals surface area contributed by atoms with E-state index in [-0.39, 0.29) is 12.1 Å². The molecule has 2 amide bonds. The monoisotopic (exact) mass is 397 g/mol. The van der Waals surface area contributed by atoms with Gasteiger partial charge < -0.3 is 10.2 Å². The molecule has 2 fully saturated rings.